The number of hydrogen-bond acceptors (Lipinski definition) is 7. The minimum atomic E-state index is -0.463. The van der Waals surface area contributed by atoms with Gasteiger partial charge in [0.05, 0.1) is 41.9 Å². The number of pyridine rings is 1. The molecule has 186 valence electrons. The van der Waals surface area contributed by atoms with Gasteiger partial charge in [0.2, 0.25) is 11.9 Å². The first-order chi connectivity index (χ1) is 17.4. The summed E-state index contributed by atoms with van der Waals surface area (Å²) in [6, 6.07) is 11.4. The molecule has 1 fully saturated rings. The predicted molar refractivity (Wildman–Crippen MR) is 140 cm³/mol. The quantitative estimate of drug-likeness (QED) is 0.403. The first-order valence-electron chi connectivity index (χ1n) is 11.9. The van der Waals surface area contributed by atoms with E-state index in [1.54, 1.807) is 26.4 Å². The third-order valence-corrected chi connectivity index (χ3v) is 6.82. The highest BCUT2D eigenvalue weighted by Crippen LogP contribution is 2.35. The summed E-state index contributed by atoms with van der Waals surface area (Å²) >= 11 is 6.45. The molecule has 0 aliphatic carbocycles. The minimum absolute atomic E-state index is 0.0110. The fourth-order valence-electron chi connectivity index (χ4n) is 4.62. The summed E-state index contributed by atoms with van der Waals surface area (Å²) in [7, 11) is 1.64. The van der Waals surface area contributed by atoms with Crippen molar-refractivity contribution >= 4 is 34.8 Å². The largest absolute Gasteiger partial charge is 0.495 e. The van der Waals surface area contributed by atoms with Crippen molar-refractivity contribution < 1.29 is 9.53 Å². The summed E-state index contributed by atoms with van der Waals surface area (Å²) in [5, 5.41) is 3.70. The number of benzene rings is 1. The molecule has 1 aromatic carbocycles. The van der Waals surface area contributed by atoms with Gasteiger partial charge < -0.3 is 20.7 Å². The summed E-state index contributed by atoms with van der Waals surface area (Å²) in [6.45, 7) is 3.15. The lowest BCUT2D eigenvalue weighted by Crippen LogP contribution is -2.45. The van der Waals surface area contributed by atoms with E-state index in [2.05, 4.69) is 26.3 Å². The van der Waals surface area contributed by atoms with Crippen molar-refractivity contribution in [3.05, 3.63) is 65.6 Å². The second-order valence-electron chi connectivity index (χ2n) is 8.94. The van der Waals surface area contributed by atoms with E-state index in [1.165, 1.54) is 5.56 Å². The van der Waals surface area contributed by atoms with Crippen molar-refractivity contribution in [3.63, 3.8) is 0 Å². The first-order valence-corrected chi connectivity index (χ1v) is 12.3. The smallest absolute Gasteiger partial charge is 0.239 e. The van der Waals surface area contributed by atoms with Gasteiger partial charge in [-0.15, -0.1) is 0 Å². The number of likely N-dealkylation sites (tertiary alicyclic amines) is 1. The Morgan fingerprint density at radius 3 is 2.75 bits per heavy atom. The van der Waals surface area contributed by atoms with Crippen molar-refractivity contribution in [2.24, 2.45) is 5.73 Å². The van der Waals surface area contributed by atoms with Gasteiger partial charge >= 0.3 is 0 Å². The predicted octanol–water partition coefficient (Wildman–Crippen LogP) is 4.25. The molecule has 1 amide bonds. The Balaban J connectivity index is 1.35. The van der Waals surface area contributed by atoms with Crippen LogP contribution in [0, 0.1) is 0 Å². The molecule has 5 rings (SSSR count). The minimum Gasteiger partial charge on any atom is -0.495 e. The van der Waals surface area contributed by atoms with Crippen LogP contribution in [0.4, 0.5) is 11.6 Å². The van der Waals surface area contributed by atoms with Crippen LogP contribution in [0.15, 0.2) is 55.0 Å². The molecule has 3 aromatic heterocycles. The van der Waals surface area contributed by atoms with Crippen LogP contribution in [0.2, 0.25) is 5.02 Å². The Morgan fingerprint density at radius 1 is 1.19 bits per heavy atom. The first kappa shape index (κ1) is 24.0. The molecule has 1 saturated heterocycles. The number of nitrogens with zero attached hydrogens (tertiary/aromatic N) is 5. The van der Waals surface area contributed by atoms with Crippen molar-refractivity contribution in [2.75, 3.05) is 25.5 Å². The summed E-state index contributed by atoms with van der Waals surface area (Å²) in [5.41, 5.74) is 9.85. The number of carbonyl (C=O) groups excluding carboxylic acids is 1. The highest BCUT2D eigenvalue weighted by molar-refractivity contribution is 6.32. The number of rotatable bonds is 6. The Hall–Kier alpha value is -3.69. The number of nitrogens with two attached hydrogens (primary N) is 1. The monoisotopic (exact) mass is 505 g/mol. The number of hydrogen-bond donors (Lipinski definition) is 2. The zero-order valence-electron chi connectivity index (χ0n) is 20.2. The maximum absolute atomic E-state index is 12.2. The van der Waals surface area contributed by atoms with Crippen molar-refractivity contribution in [2.45, 2.75) is 31.7 Å². The third-order valence-electron chi connectivity index (χ3n) is 6.54. The molecule has 4 heterocycles. The number of nitrogens with one attached hydrogen (secondary N) is 1. The van der Waals surface area contributed by atoms with Crippen molar-refractivity contribution in [1.82, 2.24) is 24.3 Å². The lowest BCUT2D eigenvalue weighted by Gasteiger charge is -2.33. The Bertz CT molecular complexity index is 1400. The lowest BCUT2D eigenvalue weighted by atomic mass is 9.89. The second-order valence-corrected chi connectivity index (χ2v) is 9.34. The van der Waals surface area contributed by atoms with Crippen molar-refractivity contribution in [1.29, 1.82) is 0 Å². The van der Waals surface area contributed by atoms with Gasteiger partial charge in [-0.3, -0.25) is 9.20 Å². The highest BCUT2D eigenvalue weighted by Gasteiger charge is 2.26. The summed E-state index contributed by atoms with van der Waals surface area (Å²) in [4.78, 5) is 27.5. The van der Waals surface area contributed by atoms with Crippen LogP contribution in [0.5, 0.6) is 5.75 Å². The molecule has 0 radical (unpaired) electrons. The fraction of sp³-hybridized carbons (Fsp3) is 0.308. The number of carbonyl (C=O) groups is 1. The van der Waals surface area contributed by atoms with E-state index in [0.717, 1.165) is 29.9 Å². The fourth-order valence-corrected chi connectivity index (χ4v) is 4.81. The van der Waals surface area contributed by atoms with Gasteiger partial charge in [0.1, 0.15) is 17.1 Å². The normalized spacial score (nSPS) is 15.2. The number of amides is 1. The second kappa shape index (κ2) is 10.1. The van der Waals surface area contributed by atoms with Crippen LogP contribution >= 0.6 is 11.6 Å². The van der Waals surface area contributed by atoms with E-state index >= 15 is 0 Å². The molecule has 3 N–H and O–H groups in total. The number of fused-ring (bicyclic) bond motifs is 1. The number of piperidine rings is 1. The molecular weight excluding hydrogens is 478 g/mol. The van der Waals surface area contributed by atoms with E-state index < -0.39 is 6.04 Å². The number of anilines is 2. The van der Waals surface area contributed by atoms with Crippen LogP contribution < -0.4 is 15.8 Å². The molecule has 36 heavy (non-hydrogen) atoms. The molecule has 4 aromatic rings. The molecule has 1 atom stereocenters. The Morgan fingerprint density at radius 2 is 2.00 bits per heavy atom. The van der Waals surface area contributed by atoms with Gasteiger partial charge in [-0.2, -0.15) is 0 Å². The zero-order chi connectivity index (χ0) is 25.2. The summed E-state index contributed by atoms with van der Waals surface area (Å²) in [6.07, 6.45) is 7.01. The van der Waals surface area contributed by atoms with Gasteiger partial charge in [-0.25, -0.2) is 15.0 Å². The van der Waals surface area contributed by atoms with Gasteiger partial charge in [0.25, 0.3) is 0 Å². The molecule has 1 aliphatic rings. The summed E-state index contributed by atoms with van der Waals surface area (Å²) < 4.78 is 7.62. The van der Waals surface area contributed by atoms with Gasteiger partial charge in [0.15, 0.2) is 0 Å². The Labute approximate surface area is 214 Å². The average molecular weight is 506 g/mol. The van der Waals surface area contributed by atoms with E-state index in [1.807, 2.05) is 45.8 Å². The SMILES string of the molecule is COc1cc(C2CCN(C(=O)[C@@H](C)N)CC2)ccc1Nc1ncc(Cl)c(-c2cnc3ccccn23)n1. The number of imidazole rings is 1. The van der Waals surface area contributed by atoms with E-state index in [4.69, 9.17) is 22.1 Å². The van der Waals surface area contributed by atoms with Crippen LogP contribution in [-0.4, -0.2) is 56.4 Å². The third kappa shape index (κ3) is 4.72. The number of aromatic nitrogens is 4. The van der Waals surface area contributed by atoms with Crippen molar-refractivity contribution in [3.8, 4) is 17.1 Å². The number of ether oxygens (including phenoxy) is 1. The molecule has 0 bridgehead atoms. The van der Waals surface area contributed by atoms with E-state index in [0.29, 0.717) is 41.4 Å². The summed E-state index contributed by atoms with van der Waals surface area (Å²) in [5.74, 6) is 1.45. The van der Waals surface area contributed by atoms with E-state index in [-0.39, 0.29) is 5.91 Å². The van der Waals surface area contributed by atoms with Gasteiger partial charge in [0, 0.05) is 19.3 Å². The standard InChI is InChI=1S/C26H28ClN7O2/c1-16(28)25(35)33-11-8-17(9-12-33)18-6-7-20(22(13-18)36-2)31-26-30-14-19(27)24(32-26)21-15-29-23-5-3-4-10-34(21)23/h3-7,10,13-17H,8-9,11-12,28H2,1-2H3,(H,30,31,32)/t16-/m1/s1. The molecule has 0 spiro atoms. The topological polar surface area (TPSA) is 111 Å². The lowest BCUT2D eigenvalue weighted by molar-refractivity contribution is -0.133. The van der Waals surface area contributed by atoms with Gasteiger partial charge in [-0.05, 0) is 55.5 Å². The molecule has 1 aliphatic heterocycles. The molecule has 0 unspecified atom stereocenters. The molecule has 10 heteroatoms. The molecular formula is C26H28ClN7O2. The molecule has 9 nitrogen and oxygen atoms in total. The van der Waals surface area contributed by atoms with Crippen LogP contribution in [-0.2, 0) is 4.79 Å². The van der Waals surface area contributed by atoms with Gasteiger partial charge in [-0.1, -0.05) is 23.7 Å². The Kier molecular flexibility index (Phi) is 6.75. The average Bonchev–Trinajstić information content (AvgIpc) is 3.33. The number of methoxy groups -OCH3 is 1. The maximum atomic E-state index is 12.2. The number of halogens is 1. The maximum Gasteiger partial charge on any atom is 0.239 e. The van der Waals surface area contributed by atoms with Crippen LogP contribution in [0.1, 0.15) is 31.2 Å². The van der Waals surface area contributed by atoms with Crippen LogP contribution in [0.3, 0.4) is 0 Å². The van der Waals surface area contributed by atoms with Crippen LogP contribution in [0.25, 0.3) is 17.0 Å². The highest BCUT2D eigenvalue weighted by atomic mass is 35.5. The van der Waals surface area contributed by atoms with E-state index in [9.17, 15) is 4.79 Å². The molecule has 0 saturated carbocycles. The zero-order valence-corrected chi connectivity index (χ0v) is 20.9.